The van der Waals surface area contributed by atoms with Gasteiger partial charge in [-0.15, -0.1) is 0 Å². The molecule has 10 heteroatoms. The van der Waals surface area contributed by atoms with Crippen molar-refractivity contribution in [1.82, 2.24) is 15.2 Å². The predicted octanol–water partition coefficient (Wildman–Crippen LogP) is 4.48. The van der Waals surface area contributed by atoms with Crippen molar-refractivity contribution in [2.75, 3.05) is 25.0 Å². The second-order valence-corrected chi connectivity index (χ2v) is 10.3. The summed E-state index contributed by atoms with van der Waals surface area (Å²) < 4.78 is 36.3. The molecule has 0 radical (unpaired) electrons. The molecular formula is C24H27ClF2N4O3. The Morgan fingerprint density at radius 1 is 1.32 bits per heavy atom. The number of anilines is 1. The van der Waals surface area contributed by atoms with Crippen LogP contribution in [0.15, 0.2) is 24.4 Å². The van der Waals surface area contributed by atoms with Crippen LogP contribution in [0.25, 0.3) is 0 Å². The zero-order chi connectivity index (χ0) is 24.8. The lowest BCUT2D eigenvalue weighted by Gasteiger charge is -2.37. The van der Waals surface area contributed by atoms with E-state index >= 15 is 4.39 Å². The molecule has 0 saturated carbocycles. The summed E-state index contributed by atoms with van der Waals surface area (Å²) in [6, 6.07) is 4.27. The number of pyridine rings is 1. The summed E-state index contributed by atoms with van der Waals surface area (Å²) in [5.74, 6) is -1.93. The van der Waals surface area contributed by atoms with Crippen molar-refractivity contribution in [1.29, 1.82) is 0 Å². The summed E-state index contributed by atoms with van der Waals surface area (Å²) in [6.07, 6.45) is 1.42. The van der Waals surface area contributed by atoms with Gasteiger partial charge in [0.05, 0.1) is 10.6 Å². The van der Waals surface area contributed by atoms with Gasteiger partial charge in [-0.05, 0) is 40.2 Å². The van der Waals surface area contributed by atoms with E-state index in [2.05, 4.69) is 15.6 Å². The normalized spacial score (nSPS) is 22.3. The Labute approximate surface area is 201 Å². The first-order valence-electron chi connectivity index (χ1n) is 11.1. The highest BCUT2D eigenvalue weighted by Gasteiger charge is 2.43. The quantitative estimate of drug-likeness (QED) is 0.660. The Bertz CT molecular complexity index is 1150. The second kappa shape index (κ2) is 8.69. The highest BCUT2D eigenvalue weighted by Crippen LogP contribution is 2.41. The molecule has 2 aromatic rings. The van der Waals surface area contributed by atoms with E-state index in [1.807, 2.05) is 0 Å². The van der Waals surface area contributed by atoms with Crippen LogP contribution < -0.4 is 10.6 Å². The number of hydrogen-bond acceptors (Lipinski definition) is 5. The largest absolute Gasteiger partial charge is 0.444 e. The van der Waals surface area contributed by atoms with Crippen LogP contribution in [-0.2, 0) is 10.2 Å². The van der Waals surface area contributed by atoms with Crippen molar-refractivity contribution in [3.63, 3.8) is 0 Å². The third-order valence-electron chi connectivity index (χ3n) is 6.15. The number of fused-ring (bicyclic) bond motifs is 1. The number of likely N-dealkylation sites (tertiary alicyclic amines) is 1. The number of carbonyl (C=O) groups is 2. The van der Waals surface area contributed by atoms with Crippen molar-refractivity contribution < 1.29 is 23.1 Å². The molecule has 0 aliphatic carbocycles. The minimum absolute atomic E-state index is 0.00762. The third-order valence-corrected chi connectivity index (χ3v) is 6.44. The first-order chi connectivity index (χ1) is 15.9. The monoisotopic (exact) mass is 492 g/mol. The molecule has 3 heterocycles. The number of nitrogens with zero attached hydrogens (tertiary/aromatic N) is 2. The van der Waals surface area contributed by atoms with Gasteiger partial charge in [-0.3, -0.25) is 4.79 Å². The summed E-state index contributed by atoms with van der Waals surface area (Å²) in [5.41, 5.74) is -1.56. The Morgan fingerprint density at radius 2 is 2.06 bits per heavy atom. The van der Waals surface area contributed by atoms with E-state index in [1.54, 1.807) is 38.7 Å². The fourth-order valence-corrected chi connectivity index (χ4v) is 4.64. The molecule has 0 bridgehead atoms. The summed E-state index contributed by atoms with van der Waals surface area (Å²) in [6.45, 7) is 7.79. The van der Waals surface area contributed by atoms with E-state index in [9.17, 15) is 14.0 Å². The second-order valence-electron chi connectivity index (χ2n) is 9.88. The SMILES string of the molecule is CC(C)(C)OC(=O)N1CC[C@@H](Nc2ncc3c(c2F)[C@@](C)(c2cccc(Cl)c2F)CNC3=O)C1. The van der Waals surface area contributed by atoms with Crippen molar-refractivity contribution in [3.05, 3.63) is 57.7 Å². The number of rotatable bonds is 3. The average molecular weight is 493 g/mol. The molecule has 1 aromatic carbocycles. The topological polar surface area (TPSA) is 83.6 Å². The van der Waals surface area contributed by atoms with Crippen LogP contribution in [0.2, 0.25) is 5.02 Å². The minimum atomic E-state index is -1.21. The smallest absolute Gasteiger partial charge is 0.410 e. The van der Waals surface area contributed by atoms with Gasteiger partial charge >= 0.3 is 6.09 Å². The number of benzene rings is 1. The summed E-state index contributed by atoms with van der Waals surface area (Å²) >= 11 is 5.99. The maximum absolute atomic E-state index is 15.9. The van der Waals surface area contributed by atoms with Gasteiger partial charge in [0.1, 0.15) is 11.4 Å². The van der Waals surface area contributed by atoms with Crippen LogP contribution in [0.5, 0.6) is 0 Å². The van der Waals surface area contributed by atoms with E-state index in [4.69, 9.17) is 16.3 Å². The van der Waals surface area contributed by atoms with E-state index in [-0.39, 0.29) is 40.1 Å². The fraction of sp³-hybridized carbons (Fsp3) is 0.458. The van der Waals surface area contributed by atoms with Crippen LogP contribution in [0.4, 0.5) is 19.4 Å². The molecule has 2 aliphatic rings. The molecule has 1 saturated heterocycles. The number of ether oxygens (including phenoxy) is 1. The van der Waals surface area contributed by atoms with Gasteiger partial charge in [0.15, 0.2) is 11.6 Å². The zero-order valence-electron chi connectivity index (χ0n) is 19.5. The van der Waals surface area contributed by atoms with E-state index in [1.165, 1.54) is 18.3 Å². The standard InChI is InChI=1S/C24H27ClF2N4O3/c1-23(2,3)34-22(33)31-9-8-13(11-31)30-20-19(27)17-14(10-28-20)21(32)29-12-24(17,4)15-6-5-7-16(25)18(15)26/h5-7,10,13H,8-9,11-12H2,1-4H3,(H,28,30)(H,29,32)/t13-,24-/m1/s1. The molecule has 34 heavy (non-hydrogen) atoms. The highest BCUT2D eigenvalue weighted by molar-refractivity contribution is 6.30. The fourth-order valence-electron chi connectivity index (χ4n) is 4.46. The molecule has 0 unspecified atom stereocenters. The first-order valence-corrected chi connectivity index (χ1v) is 11.4. The predicted molar refractivity (Wildman–Crippen MR) is 124 cm³/mol. The van der Waals surface area contributed by atoms with Gasteiger partial charge in [0, 0.05) is 48.4 Å². The molecular weight excluding hydrogens is 466 g/mol. The molecule has 2 N–H and O–H groups in total. The first kappa shape index (κ1) is 24.2. The average Bonchev–Trinajstić information content (AvgIpc) is 3.22. The molecule has 7 nitrogen and oxygen atoms in total. The maximum atomic E-state index is 15.9. The number of nitrogens with one attached hydrogen (secondary N) is 2. The van der Waals surface area contributed by atoms with Crippen LogP contribution in [-0.4, -0.2) is 53.2 Å². The number of carbonyl (C=O) groups excluding carboxylic acids is 2. The van der Waals surface area contributed by atoms with Crippen molar-refractivity contribution in [2.24, 2.45) is 0 Å². The van der Waals surface area contributed by atoms with Crippen molar-refractivity contribution in [3.8, 4) is 0 Å². The zero-order valence-corrected chi connectivity index (χ0v) is 20.2. The molecule has 2 aliphatic heterocycles. The summed E-state index contributed by atoms with van der Waals surface area (Å²) in [5, 5.41) is 5.66. The lowest BCUT2D eigenvalue weighted by atomic mass is 9.72. The van der Waals surface area contributed by atoms with Gasteiger partial charge in [-0.2, -0.15) is 0 Å². The molecule has 1 aromatic heterocycles. The number of hydrogen-bond donors (Lipinski definition) is 2. The molecule has 1 fully saturated rings. The summed E-state index contributed by atoms with van der Waals surface area (Å²) in [4.78, 5) is 30.5. The highest BCUT2D eigenvalue weighted by atomic mass is 35.5. The van der Waals surface area contributed by atoms with Gasteiger partial charge in [-0.25, -0.2) is 18.6 Å². The molecule has 0 spiro atoms. The summed E-state index contributed by atoms with van der Waals surface area (Å²) in [7, 11) is 0. The lowest BCUT2D eigenvalue weighted by Crippen LogP contribution is -2.47. The van der Waals surface area contributed by atoms with Crippen LogP contribution >= 0.6 is 11.6 Å². The van der Waals surface area contributed by atoms with Gasteiger partial charge < -0.3 is 20.3 Å². The van der Waals surface area contributed by atoms with Crippen LogP contribution in [0, 0.1) is 11.6 Å². The van der Waals surface area contributed by atoms with Gasteiger partial charge in [0.25, 0.3) is 5.91 Å². The third kappa shape index (κ3) is 4.41. The maximum Gasteiger partial charge on any atom is 0.410 e. The van der Waals surface area contributed by atoms with E-state index in [0.717, 1.165) is 0 Å². The van der Waals surface area contributed by atoms with Gasteiger partial charge in [0.2, 0.25) is 0 Å². The van der Waals surface area contributed by atoms with E-state index in [0.29, 0.717) is 19.5 Å². The number of amides is 2. The van der Waals surface area contributed by atoms with Crippen LogP contribution in [0.3, 0.4) is 0 Å². The van der Waals surface area contributed by atoms with Crippen LogP contribution in [0.1, 0.15) is 55.6 Å². The molecule has 4 rings (SSSR count). The molecule has 2 atom stereocenters. The Hall–Kier alpha value is -2.94. The number of aromatic nitrogens is 1. The van der Waals surface area contributed by atoms with Gasteiger partial charge in [-0.1, -0.05) is 23.7 Å². The van der Waals surface area contributed by atoms with Crippen molar-refractivity contribution in [2.45, 2.75) is 51.2 Å². The molecule has 2 amide bonds. The Morgan fingerprint density at radius 3 is 2.76 bits per heavy atom. The Balaban J connectivity index is 1.64. The number of halogens is 3. The lowest BCUT2D eigenvalue weighted by molar-refractivity contribution is 0.0293. The minimum Gasteiger partial charge on any atom is -0.444 e. The van der Waals surface area contributed by atoms with Crippen molar-refractivity contribution >= 4 is 29.4 Å². The molecule has 182 valence electrons. The van der Waals surface area contributed by atoms with E-state index < -0.39 is 34.7 Å². The Kier molecular flexibility index (Phi) is 6.18.